The molecule has 0 aromatic carbocycles. The summed E-state index contributed by atoms with van der Waals surface area (Å²) in [5.41, 5.74) is 8.16. The van der Waals surface area contributed by atoms with Gasteiger partial charge < -0.3 is 11.1 Å². The maximum Gasteiger partial charge on any atom is 0.241 e. The summed E-state index contributed by atoms with van der Waals surface area (Å²) in [6.07, 6.45) is 0. The zero-order valence-electron chi connectivity index (χ0n) is 11.3. The average Bonchev–Trinajstić information content (AvgIpc) is 2.65. The second-order valence-corrected chi connectivity index (χ2v) is 7.17. The molecule has 1 aliphatic heterocycles. The monoisotopic (exact) mass is 300 g/mol. The number of amides is 1. The number of thioether (sulfide) groups is 2. The summed E-state index contributed by atoms with van der Waals surface area (Å²) >= 11 is 3.90. The van der Waals surface area contributed by atoms with Gasteiger partial charge in [-0.1, -0.05) is 0 Å². The first-order valence-electron chi connectivity index (χ1n) is 6.33. The third kappa shape index (κ3) is 3.82. The number of aromatic nitrogens is 2. The van der Waals surface area contributed by atoms with Crippen LogP contribution in [0.2, 0.25) is 0 Å². The van der Waals surface area contributed by atoms with Gasteiger partial charge in [0.2, 0.25) is 5.91 Å². The third-order valence-corrected chi connectivity index (χ3v) is 5.99. The molecule has 0 bridgehead atoms. The Balaban J connectivity index is 1.82. The lowest BCUT2D eigenvalue weighted by atomic mass is 10.3. The van der Waals surface area contributed by atoms with Crippen molar-refractivity contribution in [1.82, 2.24) is 15.1 Å². The Morgan fingerprint density at radius 3 is 2.89 bits per heavy atom. The smallest absolute Gasteiger partial charge is 0.241 e. The predicted molar refractivity (Wildman–Crippen MR) is 82.7 cm³/mol. The molecule has 1 aliphatic rings. The number of carbonyl (C=O) groups is 1. The number of hydrogen-bond donors (Lipinski definition) is 2. The Morgan fingerprint density at radius 2 is 2.32 bits per heavy atom. The number of nitrogens with zero attached hydrogens (tertiary/aromatic N) is 2. The van der Waals surface area contributed by atoms with E-state index in [1.165, 1.54) is 11.5 Å². The molecule has 1 fully saturated rings. The van der Waals surface area contributed by atoms with Gasteiger partial charge in [-0.2, -0.15) is 28.6 Å². The number of hydrogen-bond acceptors (Lipinski definition) is 5. The van der Waals surface area contributed by atoms with E-state index in [0.29, 0.717) is 10.9 Å². The summed E-state index contributed by atoms with van der Waals surface area (Å²) in [5.74, 6) is 3.53. The van der Waals surface area contributed by atoms with Crippen LogP contribution >= 0.6 is 23.5 Å². The van der Waals surface area contributed by atoms with Gasteiger partial charge in [-0.25, -0.2) is 0 Å². The van der Waals surface area contributed by atoms with Crippen LogP contribution < -0.4 is 11.1 Å². The molecule has 1 saturated heterocycles. The minimum Gasteiger partial charge on any atom is -0.396 e. The van der Waals surface area contributed by atoms with Crippen molar-refractivity contribution in [2.45, 2.75) is 25.6 Å². The summed E-state index contributed by atoms with van der Waals surface area (Å²) in [7, 11) is 0. The SMILES string of the molecule is Cc1nn(CC(=O)NCC2CSCCS2)c(C)c1N. The van der Waals surface area contributed by atoms with Gasteiger partial charge in [0.05, 0.1) is 17.1 Å². The van der Waals surface area contributed by atoms with Crippen LogP contribution in [-0.4, -0.2) is 44.7 Å². The summed E-state index contributed by atoms with van der Waals surface area (Å²) in [6.45, 7) is 4.72. The van der Waals surface area contributed by atoms with Crippen LogP contribution in [0.15, 0.2) is 0 Å². The molecule has 0 spiro atoms. The fraction of sp³-hybridized carbons (Fsp3) is 0.667. The Hall–Kier alpha value is -0.820. The molecule has 1 unspecified atom stereocenters. The fourth-order valence-electron chi connectivity index (χ4n) is 1.94. The lowest BCUT2D eigenvalue weighted by molar-refractivity contribution is -0.121. The molecular weight excluding hydrogens is 280 g/mol. The van der Waals surface area contributed by atoms with Crippen LogP contribution in [0, 0.1) is 13.8 Å². The second kappa shape index (κ2) is 6.56. The topological polar surface area (TPSA) is 72.9 Å². The summed E-state index contributed by atoms with van der Waals surface area (Å²) < 4.78 is 1.67. The molecule has 3 N–H and O–H groups in total. The van der Waals surface area contributed by atoms with Gasteiger partial charge in [-0.05, 0) is 13.8 Å². The van der Waals surface area contributed by atoms with E-state index < -0.39 is 0 Å². The van der Waals surface area contributed by atoms with Gasteiger partial charge >= 0.3 is 0 Å². The molecule has 1 aromatic rings. The van der Waals surface area contributed by atoms with Crippen molar-refractivity contribution >= 4 is 35.1 Å². The molecule has 7 heteroatoms. The molecule has 0 radical (unpaired) electrons. The Kier molecular flexibility index (Phi) is 5.04. The largest absolute Gasteiger partial charge is 0.396 e. The molecule has 1 atom stereocenters. The van der Waals surface area contributed by atoms with E-state index >= 15 is 0 Å². The Labute approximate surface area is 122 Å². The molecule has 2 heterocycles. The molecule has 1 aromatic heterocycles. The van der Waals surface area contributed by atoms with E-state index in [9.17, 15) is 4.79 Å². The maximum absolute atomic E-state index is 11.9. The molecule has 5 nitrogen and oxygen atoms in total. The van der Waals surface area contributed by atoms with Crippen molar-refractivity contribution in [3.8, 4) is 0 Å². The van der Waals surface area contributed by atoms with E-state index in [1.54, 1.807) is 4.68 Å². The van der Waals surface area contributed by atoms with Gasteiger partial charge in [0, 0.05) is 29.1 Å². The molecular formula is C12H20N4OS2. The van der Waals surface area contributed by atoms with Crippen LogP contribution in [-0.2, 0) is 11.3 Å². The van der Waals surface area contributed by atoms with Crippen molar-refractivity contribution < 1.29 is 4.79 Å². The van der Waals surface area contributed by atoms with Crippen molar-refractivity contribution in [3.05, 3.63) is 11.4 Å². The van der Waals surface area contributed by atoms with Gasteiger partial charge in [0.1, 0.15) is 6.54 Å². The second-order valence-electron chi connectivity index (χ2n) is 4.61. The average molecular weight is 300 g/mol. The highest BCUT2D eigenvalue weighted by atomic mass is 32.2. The van der Waals surface area contributed by atoms with Crippen LogP contribution in [0.1, 0.15) is 11.4 Å². The summed E-state index contributed by atoms with van der Waals surface area (Å²) in [4.78, 5) is 11.9. The van der Waals surface area contributed by atoms with Crippen molar-refractivity contribution in [1.29, 1.82) is 0 Å². The van der Waals surface area contributed by atoms with E-state index in [0.717, 1.165) is 23.7 Å². The van der Waals surface area contributed by atoms with E-state index in [4.69, 9.17) is 5.73 Å². The minimum absolute atomic E-state index is 0.00164. The quantitative estimate of drug-likeness (QED) is 0.869. The van der Waals surface area contributed by atoms with E-state index in [1.807, 2.05) is 37.4 Å². The minimum atomic E-state index is 0.00164. The van der Waals surface area contributed by atoms with Crippen molar-refractivity contribution in [2.75, 3.05) is 29.5 Å². The lowest BCUT2D eigenvalue weighted by Crippen LogP contribution is -2.35. The van der Waals surface area contributed by atoms with Gasteiger partial charge in [0.15, 0.2) is 0 Å². The Bertz CT molecular complexity index is 455. The highest BCUT2D eigenvalue weighted by molar-refractivity contribution is 8.06. The van der Waals surface area contributed by atoms with Crippen molar-refractivity contribution in [2.24, 2.45) is 0 Å². The third-order valence-electron chi connectivity index (χ3n) is 3.14. The number of rotatable bonds is 4. The first-order chi connectivity index (χ1) is 9.08. The number of nitrogen functional groups attached to an aromatic ring is 1. The van der Waals surface area contributed by atoms with Crippen LogP contribution in [0.5, 0.6) is 0 Å². The van der Waals surface area contributed by atoms with Gasteiger partial charge in [0.25, 0.3) is 0 Å². The normalized spacial score (nSPS) is 19.4. The van der Waals surface area contributed by atoms with Crippen molar-refractivity contribution in [3.63, 3.8) is 0 Å². The number of carbonyl (C=O) groups excluding carboxylic acids is 1. The maximum atomic E-state index is 11.9. The summed E-state index contributed by atoms with van der Waals surface area (Å²) in [5, 5.41) is 7.78. The number of nitrogens with one attached hydrogen (secondary N) is 1. The molecule has 1 amide bonds. The number of aryl methyl sites for hydroxylation is 1. The standard InChI is InChI=1S/C12H20N4OS2/c1-8-12(13)9(2)16(15-8)6-11(17)14-5-10-7-18-3-4-19-10/h10H,3-7,13H2,1-2H3,(H,14,17). The van der Waals surface area contributed by atoms with Gasteiger partial charge in [-0.3, -0.25) is 9.48 Å². The summed E-state index contributed by atoms with van der Waals surface area (Å²) in [6, 6.07) is 0. The number of nitrogens with two attached hydrogens (primary N) is 1. The number of anilines is 1. The van der Waals surface area contributed by atoms with Crippen LogP contribution in [0.3, 0.4) is 0 Å². The molecule has 0 saturated carbocycles. The highest BCUT2D eigenvalue weighted by Gasteiger charge is 2.16. The molecule has 0 aliphatic carbocycles. The fourth-order valence-corrected chi connectivity index (χ4v) is 4.55. The predicted octanol–water partition coefficient (Wildman–Crippen LogP) is 1.05. The van der Waals surface area contributed by atoms with Gasteiger partial charge in [-0.15, -0.1) is 0 Å². The molecule has 19 heavy (non-hydrogen) atoms. The first-order valence-corrected chi connectivity index (χ1v) is 8.54. The molecule has 106 valence electrons. The first kappa shape index (κ1) is 14.6. The highest BCUT2D eigenvalue weighted by Crippen LogP contribution is 2.23. The zero-order valence-corrected chi connectivity index (χ0v) is 12.9. The molecule has 2 rings (SSSR count). The lowest BCUT2D eigenvalue weighted by Gasteiger charge is -2.21. The zero-order chi connectivity index (χ0) is 13.8. The van der Waals surface area contributed by atoms with Crippen LogP contribution in [0.25, 0.3) is 0 Å². The van der Waals surface area contributed by atoms with E-state index in [-0.39, 0.29) is 12.5 Å². The van der Waals surface area contributed by atoms with Crippen LogP contribution in [0.4, 0.5) is 5.69 Å². The van der Waals surface area contributed by atoms with E-state index in [2.05, 4.69) is 10.4 Å². The Morgan fingerprint density at radius 1 is 1.53 bits per heavy atom.